The number of rotatable bonds is 11. The van der Waals surface area contributed by atoms with Crippen LogP contribution in [0.25, 0.3) is 0 Å². The van der Waals surface area contributed by atoms with Crippen LogP contribution in [-0.2, 0) is 35.5 Å². The molecule has 2 atom stereocenters. The number of carbonyl (C=O) groups excluding carboxylic acids is 2. The number of hydrogen-bond donors (Lipinski definition) is 1. The van der Waals surface area contributed by atoms with Crippen LogP contribution in [0.15, 0.2) is 30.3 Å². The summed E-state index contributed by atoms with van der Waals surface area (Å²) in [6.07, 6.45) is 1.52. The minimum atomic E-state index is -3.28. The Hall–Kier alpha value is -1.93. The number of benzene rings is 1. The fraction of sp³-hybridized carbons (Fsp3) is 0.636. The maximum Gasteiger partial charge on any atom is 0.311 e. The lowest BCUT2D eigenvalue weighted by Crippen LogP contribution is -2.42. The number of sulfone groups is 1. The molecule has 30 heavy (non-hydrogen) atoms. The molecule has 170 valence electrons. The fourth-order valence-corrected chi connectivity index (χ4v) is 3.42. The molecule has 0 saturated carbocycles. The Morgan fingerprint density at radius 3 is 2.13 bits per heavy atom. The molecule has 7 nitrogen and oxygen atoms in total. The quantitative estimate of drug-likeness (QED) is 0.527. The zero-order valence-electron chi connectivity index (χ0n) is 18.8. The smallest absolute Gasteiger partial charge is 0.311 e. The van der Waals surface area contributed by atoms with Gasteiger partial charge in [-0.25, -0.2) is 8.42 Å². The molecule has 0 unspecified atom stereocenters. The Labute approximate surface area is 180 Å². The standard InChI is InChI=1S/C22H35NO6S/c1-16(2)12-18(21(25)29-22(3,4)5)19(13-23-15-30(6,26)27)20(24)28-14-17-10-8-7-9-11-17/h7-11,16,18-19,23H,12-15H2,1-6H3/t18-,19+/m1/s1. The monoisotopic (exact) mass is 441 g/mol. The van der Waals surface area contributed by atoms with Gasteiger partial charge in [0.2, 0.25) is 0 Å². The number of nitrogens with one attached hydrogen (secondary N) is 1. The highest BCUT2D eigenvalue weighted by molar-refractivity contribution is 7.90. The third-order valence-corrected chi connectivity index (χ3v) is 4.90. The maximum absolute atomic E-state index is 12.9. The first-order valence-corrected chi connectivity index (χ1v) is 12.2. The average molecular weight is 442 g/mol. The predicted octanol–water partition coefficient (Wildman–Crippen LogP) is 2.94. The lowest BCUT2D eigenvalue weighted by Gasteiger charge is -2.29. The van der Waals surface area contributed by atoms with Gasteiger partial charge in [0.05, 0.1) is 17.7 Å². The van der Waals surface area contributed by atoms with E-state index in [1.165, 1.54) is 0 Å². The van der Waals surface area contributed by atoms with E-state index >= 15 is 0 Å². The van der Waals surface area contributed by atoms with Crippen molar-refractivity contribution in [1.29, 1.82) is 0 Å². The molecule has 8 heteroatoms. The highest BCUT2D eigenvalue weighted by atomic mass is 32.2. The summed E-state index contributed by atoms with van der Waals surface area (Å²) in [5.41, 5.74) is 0.122. The van der Waals surface area contributed by atoms with E-state index in [9.17, 15) is 18.0 Å². The van der Waals surface area contributed by atoms with Gasteiger partial charge in [-0.1, -0.05) is 44.2 Å². The van der Waals surface area contributed by atoms with Crippen molar-refractivity contribution >= 4 is 21.8 Å². The number of ether oxygens (including phenoxy) is 2. The van der Waals surface area contributed by atoms with Crippen LogP contribution in [0.4, 0.5) is 0 Å². The van der Waals surface area contributed by atoms with Gasteiger partial charge in [0, 0.05) is 12.8 Å². The molecule has 1 N–H and O–H groups in total. The summed E-state index contributed by atoms with van der Waals surface area (Å²) in [4.78, 5) is 25.8. The average Bonchev–Trinajstić information content (AvgIpc) is 2.60. The maximum atomic E-state index is 12.9. The third kappa shape index (κ3) is 10.7. The van der Waals surface area contributed by atoms with Crippen LogP contribution in [0, 0.1) is 17.8 Å². The molecular weight excluding hydrogens is 406 g/mol. The minimum absolute atomic E-state index is 0.00266. The van der Waals surface area contributed by atoms with Crippen molar-refractivity contribution in [3.05, 3.63) is 35.9 Å². The molecule has 0 aromatic heterocycles. The molecule has 0 radical (unpaired) electrons. The topological polar surface area (TPSA) is 98.8 Å². The van der Waals surface area contributed by atoms with Crippen LogP contribution < -0.4 is 5.32 Å². The van der Waals surface area contributed by atoms with Gasteiger partial charge < -0.3 is 14.8 Å². The molecule has 1 aromatic carbocycles. The van der Waals surface area contributed by atoms with Crippen molar-refractivity contribution in [2.24, 2.45) is 17.8 Å². The first-order valence-electron chi connectivity index (χ1n) is 10.1. The molecule has 0 bridgehead atoms. The van der Waals surface area contributed by atoms with Gasteiger partial charge in [0.1, 0.15) is 12.2 Å². The van der Waals surface area contributed by atoms with Crippen LogP contribution in [0.5, 0.6) is 0 Å². The van der Waals surface area contributed by atoms with E-state index in [-0.39, 0.29) is 24.9 Å². The van der Waals surface area contributed by atoms with Crippen molar-refractivity contribution < 1.29 is 27.5 Å². The van der Waals surface area contributed by atoms with Crippen molar-refractivity contribution in [3.63, 3.8) is 0 Å². The van der Waals surface area contributed by atoms with Crippen molar-refractivity contribution in [2.75, 3.05) is 18.7 Å². The van der Waals surface area contributed by atoms with Gasteiger partial charge in [0.25, 0.3) is 0 Å². The molecule has 0 amide bonds. The highest BCUT2D eigenvalue weighted by Gasteiger charge is 2.38. The van der Waals surface area contributed by atoms with E-state index < -0.39 is 39.2 Å². The predicted molar refractivity (Wildman–Crippen MR) is 116 cm³/mol. The van der Waals surface area contributed by atoms with E-state index in [0.717, 1.165) is 11.8 Å². The second-order valence-corrected chi connectivity index (χ2v) is 11.1. The summed E-state index contributed by atoms with van der Waals surface area (Å²) in [5, 5.41) is 2.78. The van der Waals surface area contributed by atoms with Crippen molar-refractivity contribution in [1.82, 2.24) is 5.32 Å². The lowest BCUT2D eigenvalue weighted by molar-refractivity contribution is -0.169. The molecule has 1 aromatic rings. The van der Waals surface area contributed by atoms with Crippen LogP contribution >= 0.6 is 0 Å². The molecule has 0 heterocycles. The SMILES string of the molecule is CC(C)C[C@@H](C(=O)OC(C)(C)C)[C@H](CNCS(C)(=O)=O)C(=O)OCc1ccccc1. The Morgan fingerprint density at radius 1 is 1.03 bits per heavy atom. The first kappa shape index (κ1) is 26.1. The summed E-state index contributed by atoms with van der Waals surface area (Å²) in [7, 11) is -3.28. The Kier molecular flexibility index (Phi) is 9.97. The van der Waals surface area contributed by atoms with Crippen molar-refractivity contribution in [3.8, 4) is 0 Å². The Bertz CT molecular complexity index is 784. The summed E-state index contributed by atoms with van der Waals surface area (Å²) in [6.45, 7) is 9.27. The Morgan fingerprint density at radius 2 is 1.63 bits per heavy atom. The van der Waals surface area contributed by atoms with Gasteiger partial charge in [-0.3, -0.25) is 9.59 Å². The molecule has 0 aliphatic carbocycles. The molecule has 0 saturated heterocycles. The number of hydrogen-bond acceptors (Lipinski definition) is 7. The molecule has 0 fully saturated rings. The fourth-order valence-electron chi connectivity index (χ4n) is 2.94. The first-order chi connectivity index (χ1) is 13.8. The van der Waals surface area contributed by atoms with E-state index in [4.69, 9.17) is 9.47 Å². The van der Waals surface area contributed by atoms with Crippen molar-refractivity contribution in [2.45, 2.75) is 53.2 Å². The minimum Gasteiger partial charge on any atom is -0.461 e. The highest BCUT2D eigenvalue weighted by Crippen LogP contribution is 2.26. The molecule has 0 spiro atoms. The summed E-state index contributed by atoms with van der Waals surface area (Å²) in [6, 6.07) is 9.23. The molecule has 1 rings (SSSR count). The van der Waals surface area contributed by atoms with E-state index in [0.29, 0.717) is 6.42 Å². The van der Waals surface area contributed by atoms with Crippen LogP contribution in [-0.4, -0.2) is 44.6 Å². The summed E-state index contributed by atoms with van der Waals surface area (Å²) in [5.74, 6) is -2.83. The van der Waals surface area contributed by atoms with Crippen LogP contribution in [0.3, 0.4) is 0 Å². The second kappa shape index (κ2) is 11.5. The van der Waals surface area contributed by atoms with Gasteiger partial charge in [-0.15, -0.1) is 0 Å². The van der Waals surface area contributed by atoms with Crippen LogP contribution in [0.1, 0.15) is 46.6 Å². The number of carbonyl (C=O) groups is 2. The van der Waals surface area contributed by atoms with E-state index in [1.807, 2.05) is 44.2 Å². The normalized spacial score (nSPS) is 14.2. The van der Waals surface area contributed by atoms with E-state index in [2.05, 4.69) is 5.32 Å². The summed E-state index contributed by atoms with van der Waals surface area (Å²) < 4.78 is 34.0. The third-order valence-electron chi connectivity index (χ3n) is 4.18. The van der Waals surface area contributed by atoms with Gasteiger partial charge >= 0.3 is 11.9 Å². The molecule has 0 aliphatic rings. The summed E-state index contributed by atoms with van der Waals surface area (Å²) >= 11 is 0. The number of esters is 2. The largest absolute Gasteiger partial charge is 0.461 e. The zero-order chi connectivity index (χ0) is 22.9. The van der Waals surface area contributed by atoms with Gasteiger partial charge in [-0.05, 0) is 38.7 Å². The zero-order valence-corrected chi connectivity index (χ0v) is 19.6. The molecular formula is C22H35NO6S. The lowest BCUT2D eigenvalue weighted by atomic mass is 9.85. The van der Waals surface area contributed by atoms with Gasteiger partial charge in [0.15, 0.2) is 9.84 Å². The van der Waals surface area contributed by atoms with E-state index in [1.54, 1.807) is 20.8 Å². The second-order valence-electron chi connectivity index (χ2n) is 8.99. The molecule has 0 aliphatic heterocycles. The van der Waals surface area contributed by atoms with Crippen LogP contribution in [0.2, 0.25) is 0 Å². The van der Waals surface area contributed by atoms with Gasteiger partial charge in [-0.2, -0.15) is 0 Å². The Balaban J connectivity index is 3.04.